The highest BCUT2D eigenvalue weighted by atomic mass is 16.4. The Hall–Kier alpha value is -1.79. The third kappa shape index (κ3) is 2.80. The van der Waals surface area contributed by atoms with Crippen molar-refractivity contribution in [3.8, 4) is 0 Å². The zero-order chi connectivity index (χ0) is 14.0. The summed E-state index contributed by atoms with van der Waals surface area (Å²) in [5.41, 5.74) is -0.628. The van der Waals surface area contributed by atoms with E-state index in [1.807, 2.05) is 0 Å². The molecule has 106 valence electrons. The van der Waals surface area contributed by atoms with Crippen LogP contribution in [0.2, 0.25) is 0 Å². The first-order valence-electron chi connectivity index (χ1n) is 6.52. The number of amides is 3. The normalized spacial score (nSPS) is 25.2. The third-order valence-corrected chi connectivity index (χ3v) is 3.93. The Labute approximate surface area is 111 Å². The number of hydrogen-bond acceptors (Lipinski definition) is 3. The monoisotopic (exact) mass is 269 g/mol. The Bertz CT molecular complexity index is 406. The molecule has 1 atom stereocenters. The Morgan fingerprint density at radius 2 is 2.21 bits per heavy atom. The minimum atomic E-state index is -0.913. The topological polar surface area (TPSA) is 98.7 Å². The minimum Gasteiger partial charge on any atom is -0.481 e. The van der Waals surface area contributed by atoms with Crippen molar-refractivity contribution in [2.45, 2.75) is 44.2 Å². The van der Waals surface area contributed by atoms with Gasteiger partial charge >= 0.3 is 12.0 Å². The van der Waals surface area contributed by atoms with E-state index in [-0.39, 0.29) is 18.4 Å². The van der Waals surface area contributed by atoms with Crippen molar-refractivity contribution >= 4 is 17.9 Å². The van der Waals surface area contributed by atoms with E-state index in [4.69, 9.17) is 5.11 Å². The fourth-order valence-corrected chi connectivity index (χ4v) is 2.60. The lowest BCUT2D eigenvalue weighted by Gasteiger charge is -2.44. The lowest BCUT2D eigenvalue weighted by molar-refractivity contribution is -0.139. The van der Waals surface area contributed by atoms with Gasteiger partial charge < -0.3 is 20.6 Å². The first-order chi connectivity index (χ1) is 8.93. The Morgan fingerprint density at radius 1 is 1.53 bits per heavy atom. The number of rotatable bonds is 3. The van der Waals surface area contributed by atoms with Crippen molar-refractivity contribution in [1.82, 2.24) is 15.5 Å². The fourth-order valence-electron chi connectivity index (χ4n) is 2.60. The molecule has 3 amide bonds. The van der Waals surface area contributed by atoms with Gasteiger partial charge in [0.2, 0.25) is 5.91 Å². The maximum absolute atomic E-state index is 12.2. The highest BCUT2D eigenvalue weighted by molar-refractivity contribution is 5.88. The lowest BCUT2D eigenvalue weighted by atomic mass is 9.74. The van der Waals surface area contributed by atoms with Crippen LogP contribution in [0.4, 0.5) is 4.79 Å². The van der Waals surface area contributed by atoms with E-state index < -0.39 is 17.6 Å². The van der Waals surface area contributed by atoms with Gasteiger partial charge in [0.1, 0.15) is 6.04 Å². The van der Waals surface area contributed by atoms with Gasteiger partial charge in [-0.05, 0) is 26.2 Å². The van der Waals surface area contributed by atoms with Crippen LogP contribution in [-0.4, -0.2) is 52.6 Å². The number of carboxylic acid groups (broad SMARTS) is 1. The highest BCUT2D eigenvalue weighted by Crippen LogP contribution is 2.35. The Balaban J connectivity index is 1.99. The van der Waals surface area contributed by atoms with Crippen LogP contribution in [-0.2, 0) is 9.59 Å². The third-order valence-electron chi connectivity index (χ3n) is 3.93. The average molecular weight is 269 g/mol. The highest BCUT2D eigenvalue weighted by Gasteiger charge is 2.42. The van der Waals surface area contributed by atoms with Crippen LogP contribution >= 0.6 is 0 Å². The zero-order valence-corrected chi connectivity index (χ0v) is 10.9. The van der Waals surface area contributed by atoms with Crippen LogP contribution in [0.25, 0.3) is 0 Å². The van der Waals surface area contributed by atoms with Crippen molar-refractivity contribution in [1.29, 1.82) is 0 Å². The van der Waals surface area contributed by atoms with Gasteiger partial charge in [-0.2, -0.15) is 0 Å². The first-order valence-corrected chi connectivity index (χ1v) is 6.52. The number of piperazine rings is 1. The SMILES string of the molecule is CC1C(=O)NCCN1C(=O)NC1(CC(=O)O)CCC1. The summed E-state index contributed by atoms with van der Waals surface area (Å²) in [4.78, 5) is 36.0. The molecule has 0 spiro atoms. The molecule has 0 radical (unpaired) electrons. The van der Waals surface area contributed by atoms with Crippen molar-refractivity contribution in [3.63, 3.8) is 0 Å². The molecule has 1 aliphatic heterocycles. The summed E-state index contributed by atoms with van der Waals surface area (Å²) in [6.07, 6.45) is 2.22. The summed E-state index contributed by atoms with van der Waals surface area (Å²) >= 11 is 0. The molecule has 1 heterocycles. The predicted molar refractivity (Wildman–Crippen MR) is 66.5 cm³/mol. The number of carbonyl (C=O) groups is 3. The van der Waals surface area contributed by atoms with Gasteiger partial charge in [-0.25, -0.2) is 4.79 Å². The van der Waals surface area contributed by atoms with Crippen molar-refractivity contribution < 1.29 is 19.5 Å². The molecule has 2 rings (SSSR count). The average Bonchev–Trinajstić information content (AvgIpc) is 2.29. The number of carboxylic acids is 1. The second-order valence-electron chi connectivity index (χ2n) is 5.29. The van der Waals surface area contributed by atoms with E-state index in [2.05, 4.69) is 10.6 Å². The molecule has 0 aromatic rings. The van der Waals surface area contributed by atoms with E-state index in [0.29, 0.717) is 25.9 Å². The molecular formula is C12H19N3O4. The molecular weight excluding hydrogens is 250 g/mol. The van der Waals surface area contributed by atoms with Gasteiger partial charge in [0.15, 0.2) is 0 Å². The molecule has 3 N–H and O–H groups in total. The lowest BCUT2D eigenvalue weighted by Crippen LogP contribution is -2.63. The first kappa shape index (κ1) is 13.6. The second kappa shape index (κ2) is 5.07. The van der Waals surface area contributed by atoms with Crippen LogP contribution in [0.5, 0.6) is 0 Å². The van der Waals surface area contributed by atoms with Gasteiger partial charge in [-0.3, -0.25) is 9.59 Å². The standard InChI is InChI=1S/C12H19N3O4/c1-8-10(18)13-5-6-15(8)11(19)14-12(3-2-4-12)7-9(16)17/h8H,2-7H2,1H3,(H,13,18)(H,14,19)(H,16,17). The maximum atomic E-state index is 12.2. The molecule has 1 saturated carbocycles. The molecule has 2 aliphatic rings. The minimum absolute atomic E-state index is 0.0623. The summed E-state index contributed by atoms with van der Waals surface area (Å²) in [6.45, 7) is 2.54. The van der Waals surface area contributed by atoms with E-state index in [0.717, 1.165) is 6.42 Å². The molecule has 7 nitrogen and oxygen atoms in total. The molecule has 1 unspecified atom stereocenters. The van der Waals surface area contributed by atoms with Crippen molar-refractivity contribution in [2.75, 3.05) is 13.1 Å². The molecule has 0 bridgehead atoms. The summed E-state index contributed by atoms with van der Waals surface area (Å²) in [6, 6.07) is -0.862. The van der Waals surface area contributed by atoms with Crippen molar-refractivity contribution in [3.05, 3.63) is 0 Å². The molecule has 0 aromatic heterocycles. The molecule has 0 aromatic carbocycles. The number of carbonyl (C=O) groups excluding carboxylic acids is 2. The van der Waals surface area contributed by atoms with Gasteiger partial charge in [0.25, 0.3) is 0 Å². The molecule has 7 heteroatoms. The fraction of sp³-hybridized carbons (Fsp3) is 0.750. The number of hydrogen-bond donors (Lipinski definition) is 3. The maximum Gasteiger partial charge on any atom is 0.318 e. The van der Waals surface area contributed by atoms with Gasteiger partial charge in [-0.1, -0.05) is 0 Å². The summed E-state index contributed by atoms with van der Waals surface area (Å²) in [5.74, 6) is -1.09. The number of nitrogens with one attached hydrogen (secondary N) is 2. The molecule has 1 saturated heterocycles. The predicted octanol–water partition coefficient (Wildman–Crippen LogP) is -0.0863. The smallest absolute Gasteiger partial charge is 0.318 e. The van der Waals surface area contributed by atoms with Crippen LogP contribution < -0.4 is 10.6 Å². The van der Waals surface area contributed by atoms with Crippen LogP contribution in [0.3, 0.4) is 0 Å². The molecule has 1 aliphatic carbocycles. The van der Waals surface area contributed by atoms with Gasteiger partial charge in [-0.15, -0.1) is 0 Å². The van der Waals surface area contributed by atoms with E-state index in [1.54, 1.807) is 6.92 Å². The van der Waals surface area contributed by atoms with Gasteiger partial charge in [0.05, 0.1) is 12.0 Å². The van der Waals surface area contributed by atoms with Gasteiger partial charge in [0, 0.05) is 13.1 Å². The van der Waals surface area contributed by atoms with Crippen LogP contribution in [0, 0.1) is 0 Å². The second-order valence-corrected chi connectivity index (χ2v) is 5.29. The van der Waals surface area contributed by atoms with Crippen molar-refractivity contribution in [2.24, 2.45) is 0 Å². The Kier molecular flexibility index (Phi) is 3.64. The molecule has 2 fully saturated rings. The molecule has 19 heavy (non-hydrogen) atoms. The van der Waals surface area contributed by atoms with E-state index >= 15 is 0 Å². The number of aliphatic carboxylic acids is 1. The van der Waals surface area contributed by atoms with Crippen LogP contribution in [0.1, 0.15) is 32.6 Å². The van der Waals surface area contributed by atoms with E-state index in [1.165, 1.54) is 4.90 Å². The zero-order valence-electron chi connectivity index (χ0n) is 10.9. The van der Waals surface area contributed by atoms with E-state index in [9.17, 15) is 14.4 Å². The van der Waals surface area contributed by atoms with Crippen LogP contribution in [0.15, 0.2) is 0 Å². The number of nitrogens with zero attached hydrogens (tertiary/aromatic N) is 1. The summed E-state index contributed by atoms with van der Waals surface area (Å²) in [5, 5.41) is 14.4. The quantitative estimate of drug-likeness (QED) is 0.667. The largest absolute Gasteiger partial charge is 0.481 e. The summed E-state index contributed by atoms with van der Waals surface area (Å²) in [7, 11) is 0. The number of urea groups is 1. The Morgan fingerprint density at radius 3 is 2.74 bits per heavy atom. The summed E-state index contributed by atoms with van der Waals surface area (Å²) < 4.78 is 0.